The Labute approximate surface area is 135 Å². The van der Waals surface area contributed by atoms with E-state index in [1.165, 1.54) is 17.4 Å². The summed E-state index contributed by atoms with van der Waals surface area (Å²) >= 11 is 1.50. The van der Waals surface area contributed by atoms with Crippen molar-refractivity contribution < 1.29 is 19.4 Å². The van der Waals surface area contributed by atoms with Crippen molar-refractivity contribution in [3.8, 4) is 22.8 Å². The Kier molecular flexibility index (Phi) is 3.09. The van der Waals surface area contributed by atoms with E-state index >= 15 is 0 Å². The van der Waals surface area contributed by atoms with E-state index in [2.05, 4.69) is 4.98 Å². The second-order valence-electron chi connectivity index (χ2n) is 5.06. The van der Waals surface area contributed by atoms with Crippen LogP contribution >= 0.6 is 11.3 Å². The molecule has 0 bridgehead atoms. The molecule has 0 unspecified atom stereocenters. The highest BCUT2D eigenvalue weighted by atomic mass is 32.1. The van der Waals surface area contributed by atoms with Crippen LogP contribution < -0.4 is 14.6 Å². The molecule has 3 aromatic rings. The van der Waals surface area contributed by atoms with Crippen molar-refractivity contribution in [1.29, 1.82) is 0 Å². The van der Waals surface area contributed by atoms with Crippen molar-refractivity contribution in [2.75, 3.05) is 6.79 Å². The molecular formula is C16H11N2O4S-. The molecule has 0 atom stereocenters. The van der Waals surface area contributed by atoms with Crippen molar-refractivity contribution >= 4 is 28.3 Å². The molecule has 1 aliphatic rings. The van der Waals surface area contributed by atoms with Crippen LogP contribution in [0.2, 0.25) is 0 Å². The fourth-order valence-electron chi connectivity index (χ4n) is 2.58. The second-order valence-corrected chi connectivity index (χ2v) is 5.90. The molecule has 23 heavy (non-hydrogen) atoms. The molecule has 7 heteroatoms. The topological polar surface area (TPSA) is 75.9 Å². The van der Waals surface area contributed by atoms with Gasteiger partial charge in [0, 0.05) is 16.6 Å². The monoisotopic (exact) mass is 327 g/mol. The summed E-state index contributed by atoms with van der Waals surface area (Å²) in [6.45, 7) is 2.15. The Hall–Kier alpha value is -2.80. The molecule has 0 saturated heterocycles. The number of thiazole rings is 1. The molecule has 0 radical (unpaired) electrons. The summed E-state index contributed by atoms with van der Waals surface area (Å²) in [5.41, 5.74) is 3.21. The minimum Gasteiger partial charge on any atom is -0.545 e. The number of rotatable bonds is 3. The van der Waals surface area contributed by atoms with E-state index < -0.39 is 5.97 Å². The Morgan fingerprint density at radius 1 is 1.39 bits per heavy atom. The first-order valence-electron chi connectivity index (χ1n) is 6.89. The lowest BCUT2D eigenvalue weighted by Crippen LogP contribution is -2.18. The number of aliphatic carboxylic acids is 1. The summed E-state index contributed by atoms with van der Waals surface area (Å²) in [4.78, 5) is 16.2. The molecule has 0 amide bonds. The van der Waals surface area contributed by atoms with Crippen LogP contribution in [0.5, 0.6) is 11.5 Å². The zero-order valence-electron chi connectivity index (χ0n) is 12.1. The molecule has 2 aromatic heterocycles. The fraction of sp³-hybridized carbons (Fsp3) is 0.125. The maximum Gasteiger partial charge on any atom is 0.231 e. The van der Waals surface area contributed by atoms with Crippen molar-refractivity contribution in [3.63, 3.8) is 0 Å². The summed E-state index contributed by atoms with van der Waals surface area (Å²) in [5, 5.41) is 12.8. The van der Waals surface area contributed by atoms with Gasteiger partial charge in [0.25, 0.3) is 0 Å². The lowest BCUT2D eigenvalue weighted by atomic mass is 10.1. The predicted molar refractivity (Wildman–Crippen MR) is 83.4 cm³/mol. The first-order valence-corrected chi connectivity index (χ1v) is 7.77. The Balaban J connectivity index is 1.92. The first kappa shape index (κ1) is 13.8. The zero-order chi connectivity index (χ0) is 16.0. The molecule has 0 saturated carbocycles. The van der Waals surface area contributed by atoms with E-state index in [4.69, 9.17) is 9.47 Å². The van der Waals surface area contributed by atoms with E-state index in [1.54, 1.807) is 0 Å². The fourth-order valence-corrected chi connectivity index (χ4v) is 3.45. The van der Waals surface area contributed by atoms with Gasteiger partial charge in [-0.3, -0.25) is 4.40 Å². The largest absolute Gasteiger partial charge is 0.545 e. The number of nitrogens with zero attached hydrogens (tertiary/aromatic N) is 2. The maximum absolute atomic E-state index is 10.8. The number of carboxylic acids is 1. The third kappa shape index (κ3) is 2.25. The highest BCUT2D eigenvalue weighted by molar-refractivity contribution is 7.15. The van der Waals surface area contributed by atoms with Crippen LogP contribution in [0.3, 0.4) is 0 Å². The standard InChI is InChI=1S/C16H12N2O4S/c1-9-7-23-16-17-15(11(18(9)16)3-5-14(19)20)10-2-4-12-13(6-10)22-8-21-12/h2-7H,8H2,1H3,(H,19,20)/p-1/b5-3+. The summed E-state index contributed by atoms with van der Waals surface area (Å²) in [6, 6.07) is 5.55. The van der Waals surface area contributed by atoms with Crippen molar-refractivity contribution in [2.45, 2.75) is 6.92 Å². The average molecular weight is 327 g/mol. The van der Waals surface area contributed by atoms with Gasteiger partial charge in [-0.25, -0.2) is 4.98 Å². The molecule has 0 spiro atoms. The minimum absolute atomic E-state index is 0.202. The van der Waals surface area contributed by atoms with E-state index in [0.717, 1.165) is 22.3 Å². The lowest BCUT2D eigenvalue weighted by molar-refractivity contribution is -0.297. The van der Waals surface area contributed by atoms with E-state index in [1.807, 2.05) is 34.9 Å². The third-order valence-corrected chi connectivity index (χ3v) is 4.54. The number of aryl methyl sites for hydroxylation is 1. The van der Waals surface area contributed by atoms with Crippen LogP contribution in [0.4, 0.5) is 0 Å². The van der Waals surface area contributed by atoms with Crippen LogP contribution in [0.1, 0.15) is 11.4 Å². The van der Waals surface area contributed by atoms with Crippen LogP contribution in [0.25, 0.3) is 22.3 Å². The first-order chi connectivity index (χ1) is 11.1. The van der Waals surface area contributed by atoms with Crippen LogP contribution in [-0.4, -0.2) is 22.1 Å². The number of hydrogen-bond donors (Lipinski definition) is 0. The number of imidazole rings is 1. The highest BCUT2D eigenvalue weighted by Crippen LogP contribution is 2.37. The second kappa shape index (κ2) is 5.13. The van der Waals surface area contributed by atoms with Gasteiger partial charge in [0.05, 0.1) is 17.4 Å². The number of fused-ring (bicyclic) bond motifs is 2. The number of carboxylic acid groups (broad SMARTS) is 1. The molecule has 4 rings (SSSR count). The van der Waals surface area contributed by atoms with Crippen molar-refractivity contribution in [2.24, 2.45) is 0 Å². The van der Waals surface area contributed by atoms with E-state index in [0.29, 0.717) is 22.9 Å². The van der Waals surface area contributed by atoms with Crippen molar-refractivity contribution in [1.82, 2.24) is 9.38 Å². The molecule has 0 N–H and O–H groups in total. The van der Waals surface area contributed by atoms with Gasteiger partial charge in [-0.15, -0.1) is 11.3 Å². The van der Waals surface area contributed by atoms with Crippen LogP contribution in [-0.2, 0) is 4.79 Å². The van der Waals surface area contributed by atoms with Gasteiger partial charge in [-0.1, -0.05) is 0 Å². The normalized spacial score (nSPS) is 13.3. The Bertz CT molecular complexity index is 955. The summed E-state index contributed by atoms with van der Waals surface area (Å²) in [7, 11) is 0. The summed E-state index contributed by atoms with van der Waals surface area (Å²) in [6.07, 6.45) is 2.52. The number of hydrogen-bond acceptors (Lipinski definition) is 6. The minimum atomic E-state index is -1.25. The molecule has 0 fully saturated rings. The number of benzene rings is 1. The third-order valence-electron chi connectivity index (χ3n) is 3.59. The quantitative estimate of drug-likeness (QED) is 0.686. The van der Waals surface area contributed by atoms with Gasteiger partial charge >= 0.3 is 0 Å². The molecule has 6 nitrogen and oxygen atoms in total. The predicted octanol–water partition coefficient (Wildman–Crippen LogP) is 1.86. The number of ether oxygens (including phenoxy) is 2. The molecule has 1 aromatic carbocycles. The average Bonchev–Trinajstić information content (AvgIpc) is 3.21. The number of carbonyl (C=O) groups is 1. The molecule has 3 heterocycles. The number of aromatic nitrogens is 2. The van der Waals surface area contributed by atoms with Gasteiger partial charge in [0.2, 0.25) is 6.79 Å². The summed E-state index contributed by atoms with van der Waals surface area (Å²) < 4.78 is 12.6. The van der Waals surface area contributed by atoms with Crippen LogP contribution in [0, 0.1) is 6.92 Å². The van der Waals surface area contributed by atoms with Gasteiger partial charge < -0.3 is 19.4 Å². The van der Waals surface area contributed by atoms with E-state index in [-0.39, 0.29) is 6.79 Å². The van der Waals surface area contributed by atoms with Crippen LogP contribution in [0.15, 0.2) is 29.7 Å². The van der Waals surface area contributed by atoms with Gasteiger partial charge in [0.1, 0.15) is 0 Å². The molecule has 1 aliphatic heterocycles. The van der Waals surface area contributed by atoms with Gasteiger partial charge in [-0.2, -0.15) is 0 Å². The Morgan fingerprint density at radius 2 is 2.22 bits per heavy atom. The smallest absolute Gasteiger partial charge is 0.231 e. The highest BCUT2D eigenvalue weighted by Gasteiger charge is 2.19. The van der Waals surface area contributed by atoms with Gasteiger partial charge in [-0.05, 0) is 37.3 Å². The number of carbonyl (C=O) groups excluding carboxylic acids is 1. The van der Waals surface area contributed by atoms with E-state index in [9.17, 15) is 9.90 Å². The summed E-state index contributed by atoms with van der Waals surface area (Å²) in [5.74, 6) is 0.104. The zero-order valence-corrected chi connectivity index (χ0v) is 12.9. The molecular weight excluding hydrogens is 316 g/mol. The molecule has 116 valence electrons. The SMILES string of the molecule is Cc1csc2nc(-c3ccc4c(c3)OCO4)c(/C=C/C(=O)[O-])n12. The van der Waals surface area contributed by atoms with Crippen molar-refractivity contribution in [3.05, 3.63) is 41.0 Å². The lowest BCUT2D eigenvalue weighted by Gasteiger charge is -2.03. The van der Waals surface area contributed by atoms with Gasteiger partial charge in [0.15, 0.2) is 16.5 Å². The Morgan fingerprint density at radius 3 is 3.04 bits per heavy atom. The molecule has 0 aliphatic carbocycles. The maximum atomic E-state index is 10.8.